The lowest BCUT2D eigenvalue weighted by Gasteiger charge is -2.13. The van der Waals surface area contributed by atoms with Crippen LogP contribution in [0.15, 0.2) is 18.2 Å². The van der Waals surface area contributed by atoms with Crippen LogP contribution in [0.25, 0.3) is 0 Å². The molecule has 1 aliphatic heterocycles. The summed E-state index contributed by atoms with van der Waals surface area (Å²) in [5, 5.41) is 12.0. The fourth-order valence-electron chi connectivity index (χ4n) is 1.89. The fourth-order valence-corrected chi connectivity index (χ4v) is 1.89. The summed E-state index contributed by atoms with van der Waals surface area (Å²) in [6, 6.07) is 4.68. The molecule has 1 aromatic carbocycles. The highest BCUT2D eigenvalue weighted by atomic mass is 16.5. The van der Waals surface area contributed by atoms with Gasteiger partial charge in [-0.3, -0.25) is 0 Å². The van der Waals surface area contributed by atoms with Crippen LogP contribution in [-0.4, -0.2) is 30.3 Å². The number of anilines is 2. The van der Waals surface area contributed by atoms with Gasteiger partial charge in [0.1, 0.15) is 0 Å². The highest BCUT2D eigenvalue weighted by molar-refractivity contribution is 5.90. The van der Waals surface area contributed by atoms with Crippen LogP contribution in [0.1, 0.15) is 23.2 Å². The van der Waals surface area contributed by atoms with E-state index in [1.54, 1.807) is 6.07 Å². The monoisotopic (exact) mass is 236 g/mol. The molecule has 1 heterocycles. The Morgan fingerprint density at radius 1 is 1.59 bits per heavy atom. The second-order valence-electron chi connectivity index (χ2n) is 4.12. The SMILES string of the molecule is Nc1cc(C(=O)O)ccc1NC[C@H]1CCCO1. The van der Waals surface area contributed by atoms with Gasteiger partial charge in [0.2, 0.25) is 0 Å². The number of benzene rings is 1. The number of carboxylic acid groups (broad SMARTS) is 1. The van der Waals surface area contributed by atoms with Crippen LogP contribution in [0.4, 0.5) is 11.4 Å². The van der Waals surface area contributed by atoms with Crippen LogP contribution >= 0.6 is 0 Å². The van der Waals surface area contributed by atoms with E-state index in [4.69, 9.17) is 15.6 Å². The van der Waals surface area contributed by atoms with E-state index >= 15 is 0 Å². The molecule has 0 aliphatic carbocycles. The third-order valence-corrected chi connectivity index (χ3v) is 2.84. The molecule has 0 saturated carbocycles. The van der Waals surface area contributed by atoms with Crippen LogP contribution in [-0.2, 0) is 4.74 Å². The highest BCUT2D eigenvalue weighted by Crippen LogP contribution is 2.21. The van der Waals surface area contributed by atoms with E-state index < -0.39 is 5.97 Å². The number of hydrogen-bond donors (Lipinski definition) is 3. The van der Waals surface area contributed by atoms with Gasteiger partial charge in [-0.1, -0.05) is 0 Å². The molecular formula is C12H16N2O3. The van der Waals surface area contributed by atoms with Crippen LogP contribution in [0.3, 0.4) is 0 Å². The van der Waals surface area contributed by atoms with Crippen molar-refractivity contribution in [3.8, 4) is 0 Å². The Kier molecular flexibility index (Phi) is 3.49. The van der Waals surface area contributed by atoms with Crippen molar-refractivity contribution in [2.75, 3.05) is 24.2 Å². The maximum atomic E-state index is 10.7. The summed E-state index contributed by atoms with van der Waals surface area (Å²) in [5.41, 5.74) is 7.18. The first-order valence-corrected chi connectivity index (χ1v) is 5.65. The Labute approximate surface area is 99.6 Å². The van der Waals surface area contributed by atoms with Crippen molar-refractivity contribution in [2.24, 2.45) is 0 Å². The number of nitrogen functional groups attached to an aromatic ring is 1. The third-order valence-electron chi connectivity index (χ3n) is 2.84. The lowest BCUT2D eigenvalue weighted by Crippen LogP contribution is -2.19. The second-order valence-corrected chi connectivity index (χ2v) is 4.12. The van der Waals surface area contributed by atoms with Gasteiger partial charge >= 0.3 is 5.97 Å². The van der Waals surface area contributed by atoms with Crippen molar-refractivity contribution < 1.29 is 14.6 Å². The van der Waals surface area contributed by atoms with Crippen molar-refractivity contribution in [1.82, 2.24) is 0 Å². The Morgan fingerprint density at radius 2 is 2.41 bits per heavy atom. The lowest BCUT2D eigenvalue weighted by atomic mass is 10.1. The summed E-state index contributed by atoms with van der Waals surface area (Å²) in [7, 11) is 0. The van der Waals surface area contributed by atoms with Gasteiger partial charge in [0.05, 0.1) is 23.0 Å². The first-order chi connectivity index (χ1) is 8.16. The number of nitrogens with two attached hydrogens (primary N) is 1. The molecule has 5 nitrogen and oxygen atoms in total. The number of ether oxygens (including phenoxy) is 1. The summed E-state index contributed by atoms with van der Waals surface area (Å²) in [5.74, 6) is -0.970. The van der Waals surface area contributed by atoms with Crippen molar-refractivity contribution in [2.45, 2.75) is 18.9 Å². The van der Waals surface area contributed by atoms with E-state index in [2.05, 4.69) is 5.32 Å². The molecule has 5 heteroatoms. The largest absolute Gasteiger partial charge is 0.478 e. The number of nitrogens with one attached hydrogen (secondary N) is 1. The first-order valence-electron chi connectivity index (χ1n) is 5.65. The zero-order valence-corrected chi connectivity index (χ0v) is 9.48. The first kappa shape index (κ1) is 11.7. The Balaban J connectivity index is 1.98. The predicted molar refractivity (Wildman–Crippen MR) is 65.3 cm³/mol. The fraction of sp³-hybridized carbons (Fsp3) is 0.417. The summed E-state index contributed by atoms with van der Waals surface area (Å²) in [6.07, 6.45) is 2.38. The standard InChI is InChI=1S/C12H16N2O3/c13-10-6-8(12(15)16)3-4-11(10)14-7-9-2-1-5-17-9/h3-4,6,9,14H,1-2,5,7,13H2,(H,15,16)/t9-/m1/s1. The molecule has 0 unspecified atom stereocenters. The van der Waals surface area contributed by atoms with Crippen LogP contribution in [0, 0.1) is 0 Å². The van der Waals surface area contributed by atoms with Crippen molar-refractivity contribution in [3.63, 3.8) is 0 Å². The lowest BCUT2D eigenvalue weighted by molar-refractivity contribution is 0.0697. The number of aromatic carboxylic acids is 1. The van der Waals surface area contributed by atoms with E-state index in [1.807, 2.05) is 0 Å². The molecular weight excluding hydrogens is 220 g/mol. The smallest absolute Gasteiger partial charge is 0.335 e. The maximum Gasteiger partial charge on any atom is 0.335 e. The van der Waals surface area contributed by atoms with E-state index in [0.29, 0.717) is 12.2 Å². The molecule has 1 aromatic rings. The highest BCUT2D eigenvalue weighted by Gasteiger charge is 2.15. The molecule has 1 atom stereocenters. The molecule has 1 saturated heterocycles. The minimum absolute atomic E-state index is 0.199. The van der Waals surface area contributed by atoms with Gasteiger partial charge in [-0.15, -0.1) is 0 Å². The van der Waals surface area contributed by atoms with Crippen molar-refractivity contribution in [1.29, 1.82) is 0 Å². The molecule has 92 valence electrons. The van der Waals surface area contributed by atoms with Gasteiger partial charge < -0.3 is 20.9 Å². The summed E-state index contributed by atoms with van der Waals surface area (Å²) in [4.78, 5) is 10.7. The van der Waals surface area contributed by atoms with Gasteiger partial charge in [0.25, 0.3) is 0 Å². The second kappa shape index (κ2) is 5.05. The maximum absolute atomic E-state index is 10.7. The number of hydrogen-bond acceptors (Lipinski definition) is 4. The Morgan fingerprint density at radius 3 is 3.00 bits per heavy atom. The van der Waals surface area contributed by atoms with E-state index in [1.165, 1.54) is 12.1 Å². The topological polar surface area (TPSA) is 84.6 Å². The summed E-state index contributed by atoms with van der Waals surface area (Å²) in [6.45, 7) is 1.52. The number of carbonyl (C=O) groups is 1. The van der Waals surface area contributed by atoms with Gasteiger partial charge in [-0.2, -0.15) is 0 Å². The minimum Gasteiger partial charge on any atom is -0.478 e. The molecule has 1 fully saturated rings. The summed E-state index contributed by atoms with van der Waals surface area (Å²) >= 11 is 0. The average molecular weight is 236 g/mol. The average Bonchev–Trinajstić information content (AvgIpc) is 2.80. The van der Waals surface area contributed by atoms with Gasteiger partial charge in [0.15, 0.2) is 0 Å². The van der Waals surface area contributed by atoms with E-state index in [9.17, 15) is 4.79 Å². The number of rotatable bonds is 4. The molecule has 0 amide bonds. The van der Waals surface area contributed by atoms with Crippen molar-refractivity contribution in [3.05, 3.63) is 23.8 Å². The van der Waals surface area contributed by atoms with Gasteiger partial charge in [-0.05, 0) is 31.0 Å². The van der Waals surface area contributed by atoms with Gasteiger partial charge in [-0.25, -0.2) is 4.79 Å². The quantitative estimate of drug-likeness (QED) is 0.691. The molecule has 0 spiro atoms. The molecule has 4 N–H and O–H groups in total. The Hall–Kier alpha value is -1.75. The molecule has 0 bridgehead atoms. The molecule has 1 aliphatic rings. The van der Waals surface area contributed by atoms with E-state index in [0.717, 1.165) is 25.1 Å². The van der Waals surface area contributed by atoms with Crippen molar-refractivity contribution >= 4 is 17.3 Å². The predicted octanol–water partition coefficient (Wildman–Crippen LogP) is 1.56. The van der Waals surface area contributed by atoms with E-state index in [-0.39, 0.29) is 11.7 Å². The van der Waals surface area contributed by atoms with Crippen LogP contribution in [0.5, 0.6) is 0 Å². The molecule has 2 rings (SSSR count). The zero-order chi connectivity index (χ0) is 12.3. The molecule has 0 radical (unpaired) electrons. The normalized spacial score (nSPS) is 19.2. The van der Waals surface area contributed by atoms with Crippen LogP contribution < -0.4 is 11.1 Å². The van der Waals surface area contributed by atoms with Gasteiger partial charge in [0, 0.05) is 13.2 Å². The molecule has 0 aromatic heterocycles. The zero-order valence-electron chi connectivity index (χ0n) is 9.48. The number of carboxylic acids is 1. The third kappa shape index (κ3) is 2.88. The van der Waals surface area contributed by atoms with Crippen LogP contribution in [0.2, 0.25) is 0 Å². The molecule has 17 heavy (non-hydrogen) atoms. The Bertz CT molecular complexity index is 414. The summed E-state index contributed by atoms with van der Waals surface area (Å²) < 4.78 is 5.48. The minimum atomic E-state index is -0.970.